The number of aromatic hydroxyl groups is 1. The van der Waals surface area contributed by atoms with E-state index in [0.29, 0.717) is 44.1 Å². The summed E-state index contributed by atoms with van der Waals surface area (Å²) in [5, 5.41) is 9.88. The van der Waals surface area contributed by atoms with Crippen LogP contribution in [-0.4, -0.2) is 144 Å². The predicted octanol–water partition coefficient (Wildman–Crippen LogP) is 11.3. The molecule has 4 aliphatic heterocycles. The fourth-order valence-electron chi connectivity index (χ4n) is 12.6. The van der Waals surface area contributed by atoms with E-state index >= 15 is 0 Å². The summed E-state index contributed by atoms with van der Waals surface area (Å²) in [5.74, 6) is 2.00. The molecule has 18 heteroatoms. The quantitative estimate of drug-likeness (QED) is 0.126. The molecule has 0 aromatic heterocycles. The second kappa shape index (κ2) is 29.3. The molecule has 1 N–H and O–H groups in total. The number of phenols is 1. The number of rotatable bonds is 11. The van der Waals surface area contributed by atoms with Crippen LogP contribution in [0.3, 0.4) is 0 Å². The third-order valence-corrected chi connectivity index (χ3v) is 17.1. The molecule has 2 amide bonds. The molecule has 0 atom stereocenters. The van der Waals surface area contributed by atoms with Gasteiger partial charge in [-0.05, 0) is 231 Å². The molecule has 0 bridgehead atoms. The highest BCUT2D eigenvalue weighted by Crippen LogP contribution is 2.42. The number of amides is 2. The van der Waals surface area contributed by atoms with Crippen molar-refractivity contribution in [2.24, 2.45) is 11.8 Å². The lowest BCUT2D eigenvalue weighted by molar-refractivity contribution is -0.191. The van der Waals surface area contributed by atoms with Gasteiger partial charge in [-0.2, -0.15) is 18.0 Å². The van der Waals surface area contributed by atoms with Gasteiger partial charge in [0.25, 0.3) is 10.1 Å². The van der Waals surface area contributed by atoms with Crippen LogP contribution >= 0.6 is 0 Å². The van der Waals surface area contributed by atoms with Crippen LogP contribution in [0.4, 0.5) is 9.59 Å². The normalized spacial score (nSPS) is 23.2. The Hall–Kier alpha value is -4.74. The molecule has 0 radical (unpaired) electrons. The molecule has 2 aromatic rings. The van der Waals surface area contributed by atoms with E-state index < -0.39 is 21.3 Å². The van der Waals surface area contributed by atoms with Gasteiger partial charge in [0.1, 0.15) is 22.7 Å². The second-order valence-corrected chi connectivity index (χ2v) is 26.6. The number of aryl methyl sites for hydroxylation is 2. The molecule has 2 aliphatic carbocycles. The van der Waals surface area contributed by atoms with E-state index in [9.17, 15) is 27.9 Å². The maximum Gasteiger partial charge on any atom is 0.410 e. The number of likely N-dealkylation sites (tertiary alicyclic amines) is 4. The average Bonchev–Trinajstić information content (AvgIpc) is 3.95. The van der Waals surface area contributed by atoms with Gasteiger partial charge < -0.3 is 33.9 Å². The van der Waals surface area contributed by atoms with Crippen LogP contribution in [0.2, 0.25) is 0 Å². The maximum atomic E-state index is 12.5. The van der Waals surface area contributed by atoms with Gasteiger partial charge in [-0.15, -0.1) is 0 Å². The van der Waals surface area contributed by atoms with Crippen molar-refractivity contribution in [3.8, 4) is 11.5 Å². The van der Waals surface area contributed by atoms with Gasteiger partial charge in [-0.1, -0.05) is 25.5 Å². The van der Waals surface area contributed by atoms with Crippen molar-refractivity contribution >= 4 is 34.4 Å². The Morgan fingerprint density at radius 2 is 1.08 bits per heavy atom. The first kappa shape index (κ1) is 65.1. The van der Waals surface area contributed by atoms with Crippen molar-refractivity contribution in [1.29, 1.82) is 0 Å². The standard InChI is InChI=1S/C29H46N2O3.C21H32N2O3.C10H18O5S.CO2/c1-6-23-8-10-25(11-9-23)33-26-19-22(2)18-24(20-26)21-31-15-7-12-29(31)13-16-30(17-14-29)27(32)34-28(3,4)5;1-16-12-17(14-18(24)13-16)15-23-9-5-6-21(23)7-10-22(11-8-21)19(25)26-20(2,3)4;1-3-14-10(11)8-4-6-9(7-5-8)15-16(2,12)13;2-1-3/h18-20,23,25H,6-17,21H2,1-5H3;12-14,24H,5-11,15H2,1-4H3;8-9H,3-7H2,1-2H3;. The Balaban J connectivity index is 0.000000226. The van der Waals surface area contributed by atoms with E-state index in [1.807, 2.05) is 64.3 Å². The summed E-state index contributed by atoms with van der Waals surface area (Å²) in [5.41, 5.74) is 4.40. The minimum absolute atomic E-state index is 0.0978. The van der Waals surface area contributed by atoms with Gasteiger partial charge in [0.05, 0.1) is 31.0 Å². The minimum atomic E-state index is -3.39. The average molecular weight is 1130 g/mol. The number of hydrogen-bond donors (Lipinski definition) is 1. The first-order valence-corrected chi connectivity index (χ1v) is 31.0. The SMILES string of the molecule is CCC1CCC(Oc2cc(C)cc(CN3CCCC34CCN(C(=O)OC(C)(C)C)CC4)c2)CC1.CCOC(=O)C1CCC(OS(C)(=O)=O)CC1.Cc1cc(O)cc(CN2CCCC23CCN(C(=O)OC(C)(C)C)CC3)c1.O=C=O. The highest BCUT2D eigenvalue weighted by Gasteiger charge is 2.46. The third kappa shape index (κ3) is 20.9. The molecule has 2 aromatic carbocycles. The summed E-state index contributed by atoms with van der Waals surface area (Å²) in [6.07, 6.45) is 18.7. The number of piperidine rings is 2. The number of carbonyl (C=O) groups is 3. The Morgan fingerprint density at radius 3 is 1.49 bits per heavy atom. The molecular formula is C61H96N4O13S. The number of phenolic OH excluding ortho intramolecular Hbond substituents is 1. The van der Waals surface area contributed by atoms with Crippen molar-refractivity contribution in [2.75, 3.05) is 52.1 Å². The lowest BCUT2D eigenvalue weighted by Crippen LogP contribution is -2.53. The van der Waals surface area contributed by atoms with Crippen molar-refractivity contribution in [3.63, 3.8) is 0 Å². The molecular weight excluding hydrogens is 1030 g/mol. The van der Waals surface area contributed by atoms with Gasteiger partial charge in [0, 0.05) is 50.3 Å². The Kier molecular flexibility index (Phi) is 24.1. The second-order valence-electron chi connectivity index (χ2n) is 25.0. The van der Waals surface area contributed by atoms with Crippen LogP contribution in [0.25, 0.3) is 0 Å². The zero-order valence-corrected chi connectivity index (χ0v) is 50.5. The molecule has 17 nitrogen and oxygen atoms in total. The Bertz CT molecular complexity index is 2400. The molecule has 2 saturated carbocycles. The molecule has 2 spiro atoms. The zero-order valence-electron chi connectivity index (χ0n) is 49.7. The topological polar surface area (TPSA) is 199 Å². The molecule has 0 unspecified atom stereocenters. The van der Waals surface area contributed by atoms with E-state index in [1.54, 1.807) is 13.0 Å². The lowest BCUT2D eigenvalue weighted by Gasteiger charge is -2.45. The van der Waals surface area contributed by atoms with Gasteiger partial charge in [0.15, 0.2) is 0 Å². The number of esters is 1. The number of benzene rings is 2. The summed E-state index contributed by atoms with van der Waals surface area (Å²) in [7, 11) is -3.39. The summed E-state index contributed by atoms with van der Waals surface area (Å²) in [6, 6.07) is 12.6. The first-order valence-electron chi connectivity index (χ1n) is 29.2. The summed E-state index contributed by atoms with van der Waals surface area (Å²) >= 11 is 0. The fraction of sp³-hybridized carbons (Fsp3) is 0.738. The van der Waals surface area contributed by atoms with Crippen LogP contribution in [0.15, 0.2) is 36.4 Å². The van der Waals surface area contributed by atoms with E-state index in [1.165, 1.54) is 74.5 Å². The number of hydrogen-bond acceptors (Lipinski definition) is 15. The molecule has 79 heavy (non-hydrogen) atoms. The first-order chi connectivity index (χ1) is 37.2. The van der Waals surface area contributed by atoms with Crippen molar-refractivity contribution in [3.05, 3.63) is 58.7 Å². The van der Waals surface area contributed by atoms with Crippen molar-refractivity contribution in [2.45, 2.75) is 226 Å². The summed E-state index contributed by atoms with van der Waals surface area (Å²) in [4.78, 5) is 61.5. The largest absolute Gasteiger partial charge is 0.508 e. The molecule has 6 fully saturated rings. The van der Waals surface area contributed by atoms with Gasteiger partial charge in [0.2, 0.25) is 0 Å². The van der Waals surface area contributed by atoms with Crippen molar-refractivity contribution < 1.29 is 60.6 Å². The molecule has 444 valence electrons. The number of nitrogens with zero attached hydrogens (tertiary/aromatic N) is 4. The number of carbonyl (C=O) groups excluding carboxylic acids is 5. The molecule has 4 saturated heterocycles. The minimum Gasteiger partial charge on any atom is -0.508 e. The van der Waals surface area contributed by atoms with E-state index in [0.717, 1.165) is 102 Å². The van der Waals surface area contributed by atoms with E-state index in [-0.39, 0.29) is 47.4 Å². The third-order valence-electron chi connectivity index (χ3n) is 16.4. The van der Waals surface area contributed by atoms with Crippen molar-refractivity contribution in [1.82, 2.24) is 19.6 Å². The predicted molar refractivity (Wildman–Crippen MR) is 303 cm³/mol. The van der Waals surface area contributed by atoms with Crippen LogP contribution in [0, 0.1) is 25.7 Å². The summed E-state index contributed by atoms with van der Waals surface area (Å²) < 4.78 is 49.2. The number of ether oxygens (including phenoxy) is 4. The molecule has 4 heterocycles. The van der Waals surface area contributed by atoms with Crippen LogP contribution in [-0.2, 0) is 56.0 Å². The molecule has 8 rings (SSSR count). The van der Waals surface area contributed by atoms with Gasteiger partial charge in [-0.3, -0.25) is 18.8 Å². The smallest absolute Gasteiger partial charge is 0.410 e. The van der Waals surface area contributed by atoms with Crippen LogP contribution in [0.5, 0.6) is 11.5 Å². The van der Waals surface area contributed by atoms with Crippen LogP contribution in [0.1, 0.15) is 187 Å². The van der Waals surface area contributed by atoms with E-state index in [2.05, 4.69) is 47.9 Å². The van der Waals surface area contributed by atoms with Crippen LogP contribution < -0.4 is 4.74 Å². The Morgan fingerprint density at radius 1 is 0.633 bits per heavy atom. The zero-order chi connectivity index (χ0) is 58.2. The fourth-order valence-corrected chi connectivity index (χ4v) is 13.3. The molecule has 6 aliphatic rings. The van der Waals surface area contributed by atoms with Gasteiger partial charge in [-0.25, -0.2) is 9.59 Å². The maximum absolute atomic E-state index is 12.5. The Labute approximate surface area is 472 Å². The highest BCUT2D eigenvalue weighted by molar-refractivity contribution is 7.86. The highest BCUT2D eigenvalue weighted by atomic mass is 32.2. The summed E-state index contributed by atoms with van der Waals surface area (Å²) in [6.45, 7) is 27.3. The lowest BCUT2D eigenvalue weighted by atomic mass is 9.84. The monoisotopic (exact) mass is 1120 g/mol. The van der Waals surface area contributed by atoms with Gasteiger partial charge >= 0.3 is 24.3 Å². The van der Waals surface area contributed by atoms with E-state index in [4.69, 9.17) is 32.7 Å².